The number of nitrogens with one attached hydrogen (secondary N) is 2. The number of hydrogen-bond donors (Lipinski definition) is 3. The van der Waals surface area contributed by atoms with Crippen molar-refractivity contribution in [3.63, 3.8) is 0 Å². The van der Waals surface area contributed by atoms with Gasteiger partial charge in [0.1, 0.15) is 0 Å². The Morgan fingerprint density at radius 3 is 2.21 bits per heavy atom. The fraction of sp³-hybridized carbons (Fsp3) is 0.281. The van der Waals surface area contributed by atoms with Gasteiger partial charge in [-0.3, -0.25) is 14.4 Å². The highest BCUT2D eigenvalue weighted by molar-refractivity contribution is 6.34. The van der Waals surface area contributed by atoms with Crippen molar-refractivity contribution >= 4 is 41.0 Å². The Morgan fingerprint density at radius 2 is 1.57 bits per heavy atom. The molecule has 0 bridgehead atoms. The number of piperidine rings is 1. The van der Waals surface area contributed by atoms with Crippen LogP contribution in [0.5, 0.6) is 0 Å². The number of hydrazine groups is 1. The van der Waals surface area contributed by atoms with Crippen LogP contribution in [0.3, 0.4) is 0 Å². The molecule has 0 spiro atoms. The molecule has 8 nitrogen and oxygen atoms in total. The summed E-state index contributed by atoms with van der Waals surface area (Å²) < 4.78 is 0. The third-order valence-electron chi connectivity index (χ3n) is 7.59. The van der Waals surface area contributed by atoms with E-state index in [2.05, 4.69) is 21.8 Å². The van der Waals surface area contributed by atoms with Crippen LogP contribution >= 0.6 is 23.2 Å². The summed E-state index contributed by atoms with van der Waals surface area (Å²) >= 11 is 12.6. The summed E-state index contributed by atoms with van der Waals surface area (Å²) in [5.41, 5.74) is 7.88. The van der Waals surface area contributed by atoms with E-state index in [0.717, 1.165) is 29.7 Å². The first kappa shape index (κ1) is 29.6. The van der Waals surface area contributed by atoms with Gasteiger partial charge < -0.3 is 20.3 Å². The highest BCUT2D eigenvalue weighted by Crippen LogP contribution is 2.36. The standard InChI is InChI=1S/C32H32Cl2N4O4/c33-26-16-25(17-27(34)18-26)28-19-29(22-11-14-37(15-12-22)32(42)24-4-2-1-3-5-24)38(36-28)20-21-6-8-23(9-7-21)31(41)35-13-10-30(39)40/h1-9,16-19,22,28,36H,10-15,20H2,(H,35,41)(H,39,40). The minimum Gasteiger partial charge on any atom is -0.481 e. The van der Waals surface area contributed by atoms with Crippen LogP contribution in [0.1, 0.15) is 57.1 Å². The average Bonchev–Trinajstić information content (AvgIpc) is 3.41. The Hall–Kier alpha value is -3.85. The van der Waals surface area contributed by atoms with E-state index in [1.54, 1.807) is 18.2 Å². The predicted molar refractivity (Wildman–Crippen MR) is 162 cm³/mol. The van der Waals surface area contributed by atoms with Gasteiger partial charge >= 0.3 is 5.97 Å². The zero-order valence-corrected chi connectivity index (χ0v) is 24.4. The van der Waals surface area contributed by atoms with Gasteiger partial charge in [-0.1, -0.05) is 53.5 Å². The Kier molecular flexibility index (Phi) is 9.47. The van der Waals surface area contributed by atoms with Crippen LogP contribution in [0.15, 0.2) is 84.6 Å². The smallest absolute Gasteiger partial charge is 0.305 e. The van der Waals surface area contributed by atoms with Crippen LogP contribution in [-0.4, -0.2) is 52.4 Å². The van der Waals surface area contributed by atoms with Crippen LogP contribution in [0.25, 0.3) is 0 Å². The van der Waals surface area contributed by atoms with Crippen molar-refractivity contribution in [3.05, 3.63) is 117 Å². The van der Waals surface area contributed by atoms with Gasteiger partial charge in [-0.2, -0.15) is 0 Å². The molecular formula is C32H32Cl2N4O4. The van der Waals surface area contributed by atoms with E-state index >= 15 is 0 Å². The zero-order valence-electron chi connectivity index (χ0n) is 22.9. The number of carboxylic acid groups (broad SMARTS) is 1. The van der Waals surface area contributed by atoms with E-state index in [0.29, 0.717) is 40.8 Å². The van der Waals surface area contributed by atoms with Gasteiger partial charge in [0.2, 0.25) is 0 Å². The van der Waals surface area contributed by atoms with E-state index in [1.807, 2.05) is 59.5 Å². The summed E-state index contributed by atoms with van der Waals surface area (Å²) in [5.74, 6) is -0.962. The number of carbonyl (C=O) groups is 3. The van der Waals surface area contributed by atoms with Crippen molar-refractivity contribution in [1.82, 2.24) is 20.7 Å². The summed E-state index contributed by atoms with van der Waals surface area (Å²) in [6.07, 6.45) is 3.76. The lowest BCUT2D eigenvalue weighted by atomic mass is 9.91. The number of amides is 2. The molecule has 2 heterocycles. The molecule has 1 saturated heterocycles. The zero-order chi connectivity index (χ0) is 29.6. The second kappa shape index (κ2) is 13.4. The number of rotatable bonds is 9. The van der Waals surface area contributed by atoms with E-state index < -0.39 is 5.97 Å². The highest BCUT2D eigenvalue weighted by Gasteiger charge is 2.33. The maximum Gasteiger partial charge on any atom is 0.305 e. The molecule has 3 aromatic carbocycles. The van der Waals surface area contributed by atoms with Crippen molar-refractivity contribution in [2.24, 2.45) is 5.92 Å². The summed E-state index contributed by atoms with van der Waals surface area (Å²) in [7, 11) is 0. The first-order chi connectivity index (χ1) is 20.3. The maximum atomic E-state index is 13.0. The molecule has 2 amide bonds. The fourth-order valence-corrected chi connectivity index (χ4v) is 5.97. The van der Waals surface area contributed by atoms with Gasteiger partial charge in [0.15, 0.2) is 0 Å². The fourth-order valence-electron chi connectivity index (χ4n) is 5.43. The van der Waals surface area contributed by atoms with Crippen LogP contribution in [0.4, 0.5) is 0 Å². The van der Waals surface area contributed by atoms with Gasteiger partial charge in [-0.15, -0.1) is 0 Å². The van der Waals surface area contributed by atoms with Crippen molar-refractivity contribution < 1.29 is 19.5 Å². The molecule has 218 valence electrons. The molecule has 5 rings (SSSR count). The van der Waals surface area contributed by atoms with Gasteiger partial charge in [-0.05, 0) is 72.5 Å². The predicted octanol–water partition coefficient (Wildman–Crippen LogP) is 5.70. The first-order valence-corrected chi connectivity index (χ1v) is 14.7. The summed E-state index contributed by atoms with van der Waals surface area (Å²) in [6.45, 7) is 1.97. The number of nitrogens with zero attached hydrogens (tertiary/aromatic N) is 2. The molecule has 3 aromatic rings. The number of likely N-dealkylation sites (tertiary alicyclic amines) is 1. The molecule has 3 N–H and O–H groups in total. The molecule has 2 aliphatic heterocycles. The second-order valence-electron chi connectivity index (χ2n) is 10.5. The van der Waals surface area contributed by atoms with Crippen LogP contribution in [-0.2, 0) is 11.3 Å². The number of carboxylic acids is 1. The number of carbonyl (C=O) groups excluding carboxylic acids is 2. The monoisotopic (exact) mass is 606 g/mol. The van der Waals surface area contributed by atoms with Gasteiger partial charge in [0, 0.05) is 52.4 Å². The lowest BCUT2D eigenvalue weighted by Gasteiger charge is -2.36. The molecule has 10 heteroatoms. The van der Waals surface area contributed by atoms with E-state index in [4.69, 9.17) is 28.3 Å². The van der Waals surface area contributed by atoms with Crippen molar-refractivity contribution in [3.8, 4) is 0 Å². The number of halogens is 2. The van der Waals surface area contributed by atoms with Gasteiger partial charge in [0.25, 0.3) is 11.8 Å². The van der Waals surface area contributed by atoms with E-state index in [9.17, 15) is 14.4 Å². The molecular weight excluding hydrogens is 575 g/mol. The normalized spacial score (nSPS) is 17.2. The Bertz CT molecular complexity index is 1450. The second-order valence-corrected chi connectivity index (χ2v) is 11.4. The third-order valence-corrected chi connectivity index (χ3v) is 8.03. The van der Waals surface area contributed by atoms with E-state index in [1.165, 1.54) is 0 Å². The third kappa shape index (κ3) is 7.31. The number of allylic oxidation sites excluding steroid dienone is 1. The molecule has 0 aromatic heterocycles. The number of benzene rings is 3. The number of aliphatic carboxylic acids is 1. The number of hydrogen-bond acceptors (Lipinski definition) is 5. The van der Waals surface area contributed by atoms with Crippen LogP contribution < -0.4 is 10.7 Å². The van der Waals surface area contributed by atoms with Gasteiger partial charge in [-0.25, -0.2) is 5.43 Å². The van der Waals surface area contributed by atoms with Crippen molar-refractivity contribution in [1.29, 1.82) is 0 Å². The molecule has 1 unspecified atom stereocenters. The molecule has 42 heavy (non-hydrogen) atoms. The maximum absolute atomic E-state index is 13.0. The minimum absolute atomic E-state index is 0.0583. The minimum atomic E-state index is -0.959. The lowest BCUT2D eigenvalue weighted by molar-refractivity contribution is -0.136. The average molecular weight is 608 g/mol. The Balaban J connectivity index is 1.30. The lowest BCUT2D eigenvalue weighted by Crippen LogP contribution is -2.41. The Labute approximate surface area is 254 Å². The first-order valence-electron chi connectivity index (χ1n) is 13.9. The highest BCUT2D eigenvalue weighted by atomic mass is 35.5. The summed E-state index contributed by atoms with van der Waals surface area (Å²) in [4.78, 5) is 38.0. The molecule has 0 saturated carbocycles. The quantitative estimate of drug-likeness (QED) is 0.289. The Morgan fingerprint density at radius 1 is 0.905 bits per heavy atom. The SMILES string of the molecule is O=C(O)CCNC(=O)c1ccc(CN2NC(c3cc(Cl)cc(Cl)c3)C=C2C2CCN(C(=O)c3ccccc3)CC2)cc1. The van der Waals surface area contributed by atoms with E-state index in [-0.39, 0.29) is 36.7 Å². The van der Waals surface area contributed by atoms with Crippen LogP contribution in [0, 0.1) is 5.92 Å². The van der Waals surface area contributed by atoms with Crippen LogP contribution in [0.2, 0.25) is 10.0 Å². The molecule has 1 fully saturated rings. The topological polar surface area (TPSA) is 102 Å². The summed E-state index contributed by atoms with van der Waals surface area (Å²) in [5, 5.41) is 14.7. The summed E-state index contributed by atoms with van der Waals surface area (Å²) in [6, 6.07) is 22.1. The largest absolute Gasteiger partial charge is 0.481 e. The van der Waals surface area contributed by atoms with Gasteiger partial charge in [0.05, 0.1) is 19.0 Å². The molecule has 1 atom stereocenters. The molecule has 0 radical (unpaired) electrons. The molecule has 2 aliphatic rings. The van der Waals surface area contributed by atoms with Crippen molar-refractivity contribution in [2.75, 3.05) is 19.6 Å². The molecule has 0 aliphatic carbocycles. The van der Waals surface area contributed by atoms with Crippen molar-refractivity contribution in [2.45, 2.75) is 31.8 Å².